The first-order chi connectivity index (χ1) is 4.22. The maximum Gasteiger partial charge on any atom is 0.0270 e. The summed E-state index contributed by atoms with van der Waals surface area (Å²) >= 11 is 7.21. The molecule has 56 valence electrons. The molecule has 2 heteroatoms. The minimum Gasteiger partial charge on any atom is -0.0879 e. The summed E-state index contributed by atoms with van der Waals surface area (Å²) in [6.45, 7) is 4.41. The SMILES string of the molecule is CCC[C@H](Br)[C@H](Br)CC. The molecule has 0 aromatic heterocycles. The molecule has 9 heavy (non-hydrogen) atoms. The lowest BCUT2D eigenvalue weighted by atomic mass is 10.2. The monoisotopic (exact) mass is 256 g/mol. The van der Waals surface area contributed by atoms with E-state index in [4.69, 9.17) is 0 Å². The fourth-order valence-electron chi connectivity index (χ4n) is 0.712. The minimum absolute atomic E-state index is 0.650. The van der Waals surface area contributed by atoms with E-state index in [1.807, 2.05) is 0 Å². The van der Waals surface area contributed by atoms with Crippen LogP contribution in [0.3, 0.4) is 0 Å². The van der Waals surface area contributed by atoms with Crippen molar-refractivity contribution in [3.63, 3.8) is 0 Å². The summed E-state index contributed by atoms with van der Waals surface area (Å²) < 4.78 is 0. The van der Waals surface area contributed by atoms with E-state index < -0.39 is 0 Å². The summed E-state index contributed by atoms with van der Waals surface area (Å²) in [7, 11) is 0. The third-order valence-corrected chi connectivity index (χ3v) is 4.44. The van der Waals surface area contributed by atoms with Crippen LogP contribution < -0.4 is 0 Å². The van der Waals surface area contributed by atoms with Gasteiger partial charge in [0, 0.05) is 9.65 Å². The van der Waals surface area contributed by atoms with Gasteiger partial charge in [-0.1, -0.05) is 52.1 Å². The second-order valence-electron chi connectivity index (χ2n) is 2.23. The first-order valence-corrected chi connectivity index (χ1v) is 5.33. The molecule has 0 fully saturated rings. The van der Waals surface area contributed by atoms with Crippen molar-refractivity contribution in [1.29, 1.82) is 0 Å². The van der Waals surface area contributed by atoms with Gasteiger partial charge in [0.2, 0.25) is 0 Å². The molecule has 0 aromatic rings. The third kappa shape index (κ3) is 4.38. The number of hydrogen-bond acceptors (Lipinski definition) is 0. The Morgan fingerprint density at radius 3 is 2.00 bits per heavy atom. The largest absolute Gasteiger partial charge is 0.0879 e. The minimum atomic E-state index is 0.650. The summed E-state index contributed by atoms with van der Waals surface area (Å²) in [6.07, 6.45) is 3.73. The van der Waals surface area contributed by atoms with Crippen LogP contribution in [0, 0.1) is 0 Å². The molecule has 0 saturated heterocycles. The molecule has 0 aromatic carbocycles. The molecule has 0 rings (SSSR count). The van der Waals surface area contributed by atoms with Gasteiger partial charge in [0.05, 0.1) is 0 Å². The lowest BCUT2D eigenvalue weighted by molar-refractivity contribution is 0.703. The van der Waals surface area contributed by atoms with E-state index in [1.165, 1.54) is 19.3 Å². The fourth-order valence-corrected chi connectivity index (χ4v) is 1.81. The Labute approximate surface area is 74.7 Å². The van der Waals surface area contributed by atoms with Gasteiger partial charge >= 0.3 is 0 Å². The number of rotatable bonds is 4. The van der Waals surface area contributed by atoms with Crippen molar-refractivity contribution in [2.45, 2.75) is 42.8 Å². The molecule has 0 N–H and O–H groups in total. The van der Waals surface area contributed by atoms with Gasteiger partial charge in [-0.25, -0.2) is 0 Å². The maximum absolute atomic E-state index is 3.62. The molecule has 0 unspecified atom stereocenters. The van der Waals surface area contributed by atoms with Gasteiger partial charge in [-0.05, 0) is 12.8 Å². The van der Waals surface area contributed by atoms with E-state index in [9.17, 15) is 0 Å². The van der Waals surface area contributed by atoms with Crippen LogP contribution in [0.15, 0.2) is 0 Å². The Kier molecular flexibility index (Phi) is 6.33. The van der Waals surface area contributed by atoms with Gasteiger partial charge in [-0.2, -0.15) is 0 Å². The van der Waals surface area contributed by atoms with E-state index in [-0.39, 0.29) is 0 Å². The maximum atomic E-state index is 3.62. The van der Waals surface area contributed by atoms with Gasteiger partial charge in [0.15, 0.2) is 0 Å². The summed E-state index contributed by atoms with van der Waals surface area (Å²) in [5.41, 5.74) is 0. The molecule has 0 amide bonds. The first kappa shape index (κ1) is 9.96. The van der Waals surface area contributed by atoms with Gasteiger partial charge in [0.1, 0.15) is 0 Å². The van der Waals surface area contributed by atoms with Crippen molar-refractivity contribution >= 4 is 31.9 Å². The van der Waals surface area contributed by atoms with Crippen molar-refractivity contribution < 1.29 is 0 Å². The van der Waals surface area contributed by atoms with E-state index in [2.05, 4.69) is 45.7 Å². The normalized spacial score (nSPS) is 17.3. The van der Waals surface area contributed by atoms with Crippen LogP contribution in [0.5, 0.6) is 0 Å². The molecule has 0 saturated carbocycles. The third-order valence-electron chi connectivity index (χ3n) is 1.35. The highest BCUT2D eigenvalue weighted by Crippen LogP contribution is 2.21. The smallest absolute Gasteiger partial charge is 0.0270 e. The van der Waals surface area contributed by atoms with Crippen LogP contribution in [0.25, 0.3) is 0 Å². The molecule has 0 heterocycles. The van der Waals surface area contributed by atoms with Crippen LogP contribution in [-0.4, -0.2) is 9.65 Å². The van der Waals surface area contributed by atoms with Gasteiger partial charge in [0.25, 0.3) is 0 Å². The Morgan fingerprint density at radius 1 is 1.11 bits per heavy atom. The number of hydrogen-bond donors (Lipinski definition) is 0. The van der Waals surface area contributed by atoms with Crippen LogP contribution in [0.2, 0.25) is 0 Å². The first-order valence-electron chi connectivity index (χ1n) is 3.50. The van der Waals surface area contributed by atoms with Crippen LogP contribution in [0.4, 0.5) is 0 Å². The quantitative estimate of drug-likeness (QED) is 0.674. The highest BCUT2D eigenvalue weighted by molar-refractivity contribution is 9.12. The van der Waals surface area contributed by atoms with Gasteiger partial charge < -0.3 is 0 Å². The molecule has 0 spiro atoms. The highest BCUT2D eigenvalue weighted by Gasteiger charge is 2.11. The number of alkyl halides is 2. The second kappa shape index (κ2) is 5.72. The van der Waals surface area contributed by atoms with E-state index in [1.54, 1.807) is 0 Å². The molecule has 2 atom stereocenters. The van der Waals surface area contributed by atoms with Crippen molar-refractivity contribution in [2.75, 3.05) is 0 Å². The molecular formula is C7H14Br2. The molecule has 0 aliphatic carbocycles. The zero-order valence-corrected chi connectivity index (χ0v) is 9.20. The predicted octanol–water partition coefficient (Wildman–Crippen LogP) is 3.72. The standard InChI is InChI=1S/C7H14Br2/c1-3-5-7(9)6(8)4-2/h6-7H,3-5H2,1-2H3/t6-,7+/m1/s1. The van der Waals surface area contributed by atoms with Crippen molar-refractivity contribution in [3.05, 3.63) is 0 Å². The summed E-state index contributed by atoms with van der Waals surface area (Å²) in [5, 5.41) is 0. The van der Waals surface area contributed by atoms with Gasteiger partial charge in [-0.3, -0.25) is 0 Å². The van der Waals surface area contributed by atoms with Crippen LogP contribution in [-0.2, 0) is 0 Å². The fraction of sp³-hybridized carbons (Fsp3) is 1.00. The molecule has 0 radical (unpaired) electrons. The zero-order valence-electron chi connectivity index (χ0n) is 6.03. The molecule has 0 bridgehead atoms. The lowest BCUT2D eigenvalue weighted by Gasteiger charge is -2.12. The topological polar surface area (TPSA) is 0 Å². The Hall–Kier alpha value is 0.960. The Balaban J connectivity index is 3.32. The predicted molar refractivity (Wildman–Crippen MR) is 50.6 cm³/mol. The highest BCUT2D eigenvalue weighted by atomic mass is 79.9. The average molecular weight is 258 g/mol. The van der Waals surface area contributed by atoms with Crippen molar-refractivity contribution in [3.8, 4) is 0 Å². The average Bonchev–Trinajstić information content (AvgIpc) is 1.87. The summed E-state index contributed by atoms with van der Waals surface area (Å²) in [4.78, 5) is 1.31. The lowest BCUT2D eigenvalue weighted by Crippen LogP contribution is -2.11. The Morgan fingerprint density at radius 2 is 1.67 bits per heavy atom. The summed E-state index contributed by atoms with van der Waals surface area (Å²) in [5.74, 6) is 0. The molecule has 0 nitrogen and oxygen atoms in total. The summed E-state index contributed by atoms with van der Waals surface area (Å²) in [6, 6.07) is 0. The van der Waals surface area contributed by atoms with Crippen molar-refractivity contribution in [1.82, 2.24) is 0 Å². The number of halogens is 2. The van der Waals surface area contributed by atoms with Crippen LogP contribution >= 0.6 is 31.9 Å². The second-order valence-corrected chi connectivity index (χ2v) is 4.58. The molecule has 0 aliphatic rings. The van der Waals surface area contributed by atoms with Crippen LogP contribution in [0.1, 0.15) is 33.1 Å². The van der Waals surface area contributed by atoms with E-state index in [0.29, 0.717) is 9.65 Å². The van der Waals surface area contributed by atoms with E-state index in [0.717, 1.165) is 0 Å². The van der Waals surface area contributed by atoms with Gasteiger partial charge in [-0.15, -0.1) is 0 Å². The van der Waals surface area contributed by atoms with E-state index >= 15 is 0 Å². The van der Waals surface area contributed by atoms with Crippen molar-refractivity contribution in [2.24, 2.45) is 0 Å². The Bertz CT molecular complexity index is 63.9. The zero-order chi connectivity index (χ0) is 7.28. The molecular weight excluding hydrogens is 244 g/mol. The molecule has 0 aliphatic heterocycles.